The van der Waals surface area contributed by atoms with Crippen LogP contribution in [0, 0.1) is 0 Å². The van der Waals surface area contributed by atoms with E-state index in [0.717, 1.165) is 11.4 Å². The van der Waals surface area contributed by atoms with Crippen molar-refractivity contribution < 1.29 is 14.6 Å². The number of carbonyl (C=O) groups is 1. The predicted molar refractivity (Wildman–Crippen MR) is 127 cm³/mol. The van der Waals surface area contributed by atoms with E-state index in [-0.39, 0.29) is 11.2 Å². The number of aromatic hydroxyl groups is 1. The summed E-state index contributed by atoms with van der Waals surface area (Å²) < 4.78 is 7.39. The summed E-state index contributed by atoms with van der Waals surface area (Å²) in [6.07, 6.45) is 3.31. The van der Waals surface area contributed by atoms with Crippen molar-refractivity contribution >= 4 is 17.5 Å². The van der Waals surface area contributed by atoms with E-state index >= 15 is 0 Å². The number of nitrogens with one attached hydrogen (secondary N) is 2. The van der Waals surface area contributed by atoms with Gasteiger partial charge in [-0.3, -0.25) is 10.3 Å². The second kappa shape index (κ2) is 9.04. The minimum atomic E-state index is -0.404. The molecule has 4 rings (SSSR count). The predicted octanol–water partition coefficient (Wildman–Crippen LogP) is 5.71. The molecule has 0 fully saturated rings. The number of rotatable bonds is 5. The maximum absolute atomic E-state index is 12.7. The molecule has 0 spiro atoms. The molecule has 0 unspecified atom stereocenters. The standard InChI is InChI=1S/C25H25N5O3/c1-25(2,3)22-16-23(30(29-22)18-6-8-19(31)9-7-18)28-24(32)27-17-4-10-20(11-5-17)33-21-12-14-26-15-13-21/h4-16,31H,1-3H3,(H2,27,28,32). The third-order valence-electron chi connectivity index (χ3n) is 4.81. The number of pyridine rings is 1. The molecule has 0 saturated carbocycles. The molecule has 2 aromatic heterocycles. The van der Waals surface area contributed by atoms with E-state index in [0.29, 0.717) is 23.0 Å². The SMILES string of the molecule is CC(C)(C)c1cc(NC(=O)Nc2ccc(Oc3ccncc3)cc2)n(-c2ccc(O)cc2)n1. The quantitative estimate of drug-likeness (QED) is 0.367. The van der Waals surface area contributed by atoms with Crippen LogP contribution in [0.2, 0.25) is 0 Å². The number of hydrogen-bond acceptors (Lipinski definition) is 5. The number of aromatic nitrogens is 3. The molecule has 4 aromatic rings. The van der Waals surface area contributed by atoms with Gasteiger partial charge in [0.1, 0.15) is 23.1 Å². The van der Waals surface area contributed by atoms with Crippen molar-refractivity contribution in [3.8, 4) is 22.9 Å². The first-order valence-electron chi connectivity index (χ1n) is 10.4. The molecule has 0 atom stereocenters. The minimum Gasteiger partial charge on any atom is -0.508 e. The highest BCUT2D eigenvalue weighted by Crippen LogP contribution is 2.27. The Morgan fingerprint density at radius 2 is 1.55 bits per heavy atom. The summed E-state index contributed by atoms with van der Waals surface area (Å²) >= 11 is 0. The molecule has 0 aliphatic rings. The van der Waals surface area contributed by atoms with Crippen LogP contribution in [0.4, 0.5) is 16.3 Å². The molecular weight excluding hydrogens is 418 g/mol. The number of hydrogen-bond donors (Lipinski definition) is 3. The first-order chi connectivity index (χ1) is 15.8. The first kappa shape index (κ1) is 21.9. The topological polar surface area (TPSA) is 101 Å². The van der Waals surface area contributed by atoms with Crippen molar-refractivity contribution in [2.45, 2.75) is 26.2 Å². The highest BCUT2D eigenvalue weighted by molar-refractivity contribution is 5.99. The number of ether oxygens (including phenoxy) is 1. The molecule has 2 amide bonds. The summed E-state index contributed by atoms with van der Waals surface area (Å²) in [5.74, 6) is 2.00. The van der Waals surface area contributed by atoms with Crippen LogP contribution in [-0.2, 0) is 5.41 Å². The molecule has 0 radical (unpaired) electrons. The lowest BCUT2D eigenvalue weighted by atomic mass is 9.92. The van der Waals surface area contributed by atoms with Gasteiger partial charge in [-0.15, -0.1) is 0 Å². The Morgan fingerprint density at radius 3 is 2.18 bits per heavy atom. The van der Waals surface area contributed by atoms with Crippen molar-refractivity contribution in [3.05, 3.63) is 84.8 Å². The van der Waals surface area contributed by atoms with Crippen LogP contribution in [0.3, 0.4) is 0 Å². The molecule has 0 aliphatic heterocycles. The highest BCUT2D eigenvalue weighted by Gasteiger charge is 2.21. The van der Waals surface area contributed by atoms with E-state index in [2.05, 4.69) is 41.5 Å². The second-order valence-electron chi connectivity index (χ2n) is 8.48. The van der Waals surface area contributed by atoms with Crippen LogP contribution < -0.4 is 15.4 Å². The van der Waals surface area contributed by atoms with E-state index in [1.54, 1.807) is 77.7 Å². The fraction of sp³-hybridized carbons (Fsp3) is 0.160. The van der Waals surface area contributed by atoms with Gasteiger partial charge in [-0.05, 0) is 60.7 Å². The molecular formula is C25H25N5O3. The number of phenolic OH excluding ortho intramolecular Hbond substituents is 1. The Bertz CT molecular complexity index is 1230. The number of urea groups is 1. The molecule has 0 saturated heterocycles. The van der Waals surface area contributed by atoms with Gasteiger partial charge in [0.15, 0.2) is 0 Å². The van der Waals surface area contributed by atoms with Gasteiger partial charge in [-0.2, -0.15) is 5.10 Å². The number of anilines is 2. The maximum Gasteiger partial charge on any atom is 0.324 e. The minimum absolute atomic E-state index is 0.158. The van der Waals surface area contributed by atoms with Crippen molar-refractivity contribution in [2.24, 2.45) is 0 Å². The molecule has 33 heavy (non-hydrogen) atoms. The fourth-order valence-electron chi connectivity index (χ4n) is 3.05. The second-order valence-corrected chi connectivity index (χ2v) is 8.48. The Morgan fingerprint density at radius 1 is 0.909 bits per heavy atom. The summed E-state index contributed by atoms with van der Waals surface area (Å²) in [6, 6.07) is 18.7. The fourth-order valence-corrected chi connectivity index (χ4v) is 3.05. The Kier molecular flexibility index (Phi) is 5.99. The molecule has 0 aliphatic carbocycles. The van der Waals surface area contributed by atoms with Crippen LogP contribution in [-0.4, -0.2) is 25.9 Å². The smallest absolute Gasteiger partial charge is 0.324 e. The van der Waals surface area contributed by atoms with Crippen molar-refractivity contribution in [3.63, 3.8) is 0 Å². The normalized spacial score (nSPS) is 11.1. The van der Waals surface area contributed by atoms with Crippen molar-refractivity contribution in [2.75, 3.05) is 10.6 Å². The summed E-state index contributed by atoms with van der Waals surface area (Å²) in [4.78, 5) is 16.7. The van der Waals surface area contributed by atoms with Crippen LogP contribution in [0.15, 0.2) is 79.1 Å². The highest BCUT2D eigenvalue weighted by atomic mass is 16.5. The third-order valence-corrected chi connectivity index (χ3v) is 4.81. The molecule has 168 valence electrons. The Balaban J connectivity index is 1.48. The molecule has 2 aromatic carbocycles. The van der Waals surface area contributed by atoms with E-state index in [4.69, 9.17) is 4.74 Å². The summed E-state index contributed by atoms with van der Waals surface area (Å²) in [7, 11) is 0. The lowest BCUT2D eigenvalue weighted by Crippen LogP contribution is -2.21. The molecule has 8 nitrogen and oxygen atoms in total. The number of nitrogens with zero attached hydrogens (tertiary/aromatic N) is 3. The number of benzene rings is 2. The van der Waals surface area contributed by atoms with Crippen LogP contribution in [0.5, 0.6) is 17.2 Å². The zero-order valence-corrected chi connectivity index (χ0v) is 18.6. The number of phenols is 1. The van der Waals surface area contributed by atoms with Gasteiger partial charge in [0.05, 0.1) is 11.4 Å². The van der Waals surface area contributed by atoms with Crippen molar-refractivity contribution in [1.82, 2.24) is 14.8 Å². The largest absolute Gasteiger partial charge is 0.508 e. The van der Waals surface area contributed by atoms with E-state index < -0.39 is 6.03 Å². The first-order valence-corrected chi connectivity index (χ1v) is 10.4. The zero-order valence-electron chi connectivity index (χ0n) is 18.6. The summed E-state index contributed by atoms with van der Waals surface area (Å²) in [6.45, 7) is 6.15. The Labute approximate surface area is 191 Å². The Hall–Kier alpha value is -4.33. The van der Waals surface area contributed by atoms with E-state index in [1.165, 1.54) is 0 Å². The van der Waals surface area contributed by atoms with Gasteiger partial charge in [0.2, 0.25) is 0 Å². The molecule has 0 bridgehead atoms. The molecule has 3 N–H and O–H groups in total. The lowest BCUT2D eigenvalue weighted by Gasteiger charge is -2.14. The van der Waals surface area contributed by atoms with Crippen LogP contribution >= 0.6 is 0 Å². The van der Waals surface area contributed by atoms with E-state index in [1.807, 2.05) is 6.07 Å². The van der Waals surface area contributed by atoms with Crippen LogP contribution in [0.25, 0.3) is 5.69 Å². The van der Waals surface area contributed by atoms with Gasteiger partial charge in [-0.25, -0.2) is 9.48 Å². The summed E-state index contributed by atoms with van der Waals surface area (Å²) in [5.41, 5.74) is 1.95. The van der Waals surface area contributed by atoms with Crippen molar-refractivity contribution in [1.29, 1.82) is 0 Å². The average molecular weight is 444 g/mol. The molecule has 2 heterocycles. The molecule has 8 heteroatoms. The average Bonchev–Trinajstić information content (AvgIpc) is 3.20. The van der Waals surface area contributed by atoms with Gasteiger partial charge < -0.3 is 15.2 Å². The third kappa shape index (κ3) is 5.48. The monoisotopic (exact) mass is 443 g/mol. The maximum atomic E-state index is 12.7. The zero-order chi connectivity index (χ0) is 23.4. The van der Waals surface area contributed by atoms with Crippen LogP contribution in [0.1, 0.15) is 26.5 Å². The lowest BCUT2D eigenvalue weighted by molar-refractivity contribution is 0.262. The van der Waals surface area contributed by atoms with Gasteiger partial charge >= 0.3 is 6.03 Å². The number of carbonyl (C=O) groups excluding carboxylic acids is 1. The van der Waals surface area contributed by atoms with Gasteiger partial charge in [0, 0.05) is 29.6 Å². The van der Waals surface area contributed by atoms with Gasteiger partial charge in [-0.1, -0.05) is 20.8 Å². The summed E-state index contributed by atoms with van der Waals surface area (Å²) in [5, 5.41) is 20.0. The number of amides is 2. The van der Waals surface area contributed by atoms with E-state index in [9.17, 15) is 9.90 Å². The van der Waals surface area contributed by atoms with Gasteiger partial charge in [0.25, 0.3) is 0 Å².